The Bertz CT molecular complexity index is 532. The molecule has 2 unspecified atom stereocenters. The van der Waals surface area contributed by atoms with Crippen molar-refractivity contribution >= 4 is 5.82 Å². The lowest BCUT2D eigenvalue weighted by Gasteiger charge is -2.39. The van der Waals surface area contributed by atoms with Crippen molar-refractivity contribution in [3.8, 4) is 6.07 Å². The van der Waals surface area contributed by atoms with E-state index >= 15 is 0 Å². The van der Waals surface area contributed by atoms with Crippen molar-refractivity contribution in [2.24, 2.45) is 5.73 Å². The van der Waals surface area contributed by atoms with Gasteiger partial charge in [0.25, 0.3) is 0 Å². The number of fused-ring (bicyclic) bond motifs is 2. The summed E-state index contributed by atoms with van der Waals surface area (Å²) >= 11 is 0. The highest BCUT2D eigenvalue weighted by molar-refractivity contribution is 5.60. The molecule has 0 aromatic carbocycles. The van der Waals surface area contributed by atoms with Crippen LogP contribution >= 0.6 is 0 Å². The Morgan fingerprint density at radius 3 is 2.53 bits per heavy atom. The van der Waals surface area contributed by atoms with E-state index in [0.717, 1.165) is 35.5 Å². The minimum Gasteiger partial charge on any atom is -0.349 e. The van der Waals surface area contributed by atoms with Gasteiger partial charge in [-0.25, -0.2) is 4.98 Å². The lowest BCUT2D eigenvalue weighted by atomic mass is 9.97. The van der Waals surface area contributed by atoms with Crippen LogP contribution in [0.1, 0.15) is 42.5 Å². The first kappa shape index (κ1) is 12.4. The molecule has 1 aromatic rings. The molecule has 100 valence electrons. The summed E-state index contributed by atoms with van der Waals surface area (Å²) in [5.74, 6) is 0.888. The maximum atomic E-state index is 9.42. The molecule has 1 aromatic heterocycles. The molecular formula is C15H20N4. The fourth-order valence-electron chi connectivity index (χ4n) is 3.71. The second-order valence-electron chi connectivity index (χ2n) is 5.91. The number of nitrogens with zero attached hydrogens (tertiary/aromatic N) is 3. The van der Waals surface area contributed by atoms with Crippen molar-refractivity contribution in [3.05, 3.63) is 22.9 Å². The predicted molar refractivity (Wildman–Crippen MR) is 74.9 cm³/mol. The summed E-state index contributed by atoms with van der Waals surface area (Å²) in [5.41, 5.74) is 8.86. The molecule has 4 nitrogen and oxygen atoms in total. The fourth-order valence-corrected chi connectivity index (χ4v) is 3.71. The molecule has 0 amide bonds. The number of pyridine rings is 1. The third kappa shape index (κ3) is 1.98. The van der Waals surface area contributed by atoms with E-state index in [-0.39, 0.29) is 0 Å². The van der Waals surface area contributed by atoms with Gasteiger partial charge < -0.3 is 10.6 Å². The third-order valence-electron chi connectivity index (χ3n) is 4.45. The van der Waals surface area contributed by atoms with E-state index in [0.29, 0.717) is 18.1 Å². The number of hydrogen-bond acceptors (Lipinski definition) is 4. The molecule has 2 aliphatic heterocycles. The number of anilines is 1. The number of nitrogens with two attached hydrogens (primary N) is 1. The van der Waals surface area contributed by atoms with Crippen LogP contribution in [0.5, 0.6) is 0 Å². The van der Waals surface area contributed by atoms with Gasteiger partial charge in [0.05, 0.1) is 5.56 Å². The number of rotatable bonds is 1. The van der Waals surface area contributed by atoms with Gasteiger partial charge in [0, 0.05) is 23.8 Å². The molecule has 4 heteroatoms. The van der Waals surface area contributed by atoms with Crippen molar-refractivity contribution in [3.63, 3.8) is 0 Å². The molecule has 0 radical (unpaired) electrons. The zero-order valence-corrected chi connectivity index (χ0v) is 11.6. The second-order valence-corrected chi connectivity index (χ2v) is 5.91. The Morgan fingerprint density at radius 1 is 1.32 bits per heavy atom. The fraction of sp³-hybridized carbons (Fsp3) is 0.600. The van der Waals surface area contributed by atoms with Gasteiger partial charge in [-0.05, 0) is 51.2 Å². The molecule has 2 atom stereocenters. The van der Waals surface area contributed by atoms with Gasteiger partial charge in [0.1, 0.15) is 11.9 Å². The maximum absolute atomic E-state index is 9.42. The van der Waals surface area contributed by atoms with Crippen LogP contribution in [0.3, 0.4) is 0 Å². The van der Waals surface area contributed by atoms with Crippen LogP contribution < -0.4 is 10.6 Å². The molecule has 0 aliphatic carbocycles. The highest BCUT2D eigenvalue weighted by Gasteiger charge is 2.41. The molecule has 2 aliphatic rings. The van der Waals surface area contributed by atoms with E-state index in [1.54, 1.807) is 0 Å². The second kappa shape index (κ2) is 4.50. The number of hydrogen-bond donors (Lipinski definition) is 1. The van der Waals surface area contributed by atoms with Gasteiger partial charge in [-0.1, -0.05) is 0 Å². The van der Waals surface area contributed by atoms with Gasteiger partial charge in [0.15, 0.2) is 0 Å². The first-order chi connectivity index (χ1) is 9.10. The third-order valence-corrected chi connectivity index (χ3v) is 4.45. The van der Waals surface area contributed by atoms with Crippen molar-refractivity contribution in [2.75, 3.05) is 4.90 Å². The van der Waals surface area contributed by atoms with E-state index in [1.165, 1.54) is 12.8 Å². The summed E-state index contributed by atoms with van der Waals surface area (Å²) in [6, 6.07) is 5.56. The Kier molecular flexibility index (Phi) is 2.94. The average molecular weight is 256 g/mol. The van der Waals surface area contributed by atoms with E-state index in [2.05, 4.69) is 16.0 Å². The standard InChI is InChI=1S/C15H20N4/c1-9-5-10(2)18-15(14(9)8-16)19-12-3-4-13(19)7-11(17)6-12/h5,11-13H,3-4,6-7,17H2,1-2H3. The molecular weight excluding hydrogens is 236 g/mol. The zero-order chi connectivity index (χ0) is 13.6. The van der Waals surface area contributed by atoms with Crippen molar-refractivity contribution in [1.82, 2.24) is 4.98 Å². The molecule has 2 bridgehead atoms. The van der Waals surface area contributed by atoms with Crippen LogP contribution in [0.4, 0.5) is 5.82 Å². The first-order valence-corrected chi connectivity index (χ1v) is 7.02. The Labute approximate surface area is 114 Å². The zero-order valence-electron chi connectivity index (χ0n) is 11.6. The number of nitriles is 1. The minimum atomic E-state index is 0.310. The summed E-state index contributed by atoms with van der Waals surface area (Å²) in [6.45, 7) is 3.99. The molecule has 0 saturated carbocycles. The highest BCUT2D eigenvalue weighted by atomic mass is 15.3. The van der Waals surface area contributed by atoms with E-state index in [1.807, 2.05) is 19.9 Å². The SMILES string of the molecule is Cc1cc(C)c(C#N)c(N2C3CCC2CC(N)C3)n1. The summed E-state index contributed by atoms with van der Waals surface area (Å²) < 4.78 is 0. The van der Waals surface area contributed by atoms with E-state index < -0.39 is 0 Å². The van der Waals surface area contributed by atoms with Gasteiger partial charge >= 0.3 is 0 Å². The van der Waals surface area contributed by atoms with Gasteiger partial charge in [-0.2, -0.15) is 5.26 Å². The topological polar surface area (TPSA) is 65.9 Å². The predicted octanol–water partition coefficient (Wildman–Crippen LogP) is 2.03. The van der Waals surface area contributed by atoms with Gasteiger partial charge in [-0.15, -0.1) is 0 Å². The summed E-state index contributed by atoms with van der Waals surface area (Å²) in [6.07, 6.45) is 4.40. The minimum absolute atomic E-state index is 0.310. The Balaban J connectivity index is 2.06. The largest absolute Gasteiger partial charge is 0.349 e. The van der Waals surface area contributed by atoms with Gasteiger partial charge in [-0.3, -0.25) is 0 Å². The molecule has 0 spiro atoms. The molecule has 3 heterocycles. The number of aryl methyl sites for hydroxylation is 2. The summed E-state index contributed by atoms with van der Waals surface area (Å²) in [7, 11) is 0. The van der Waals surface area contributed by atoms with Crippen LogP contribution in [0.25, 0.3) is 0 Å². The van der Waals surface area contributed by atoms with Crippen molar-refractivity contribution < 1.29 is 0 Å². The van der Waals surface area contributed by atoms with Gasteiger partial charge in [0.2, 0.25) is 0 Å². The summed E-state index contributed by atoms with van der Waals surface area (Å²) in [5, 5.41) is 9.42. The number of aromatic nitrogens is 1. The van der Waals surface area contributed by atoms with Crippen LogP contribution in [-0.4, -0.2) is 23.1 Å². The molecule has 2 N–H and O–H groups in total. The van der Waals surface area contributed by atoms with Crippen LogP contribution in [0.2, 0.25) is 0 Å². The Hall–Kier alpha value is -1.60. The average Bonchev–Trinajstić information content (AvgIpc) is 2.60. The molecule has 2 fully saturated rings. The van der Waals surface area contributed by atoms with Crippen LogP contribution in [0, 0.1) is 25.2 Å². The van der Waals surface area contributed by atoms with E-state index in [4.69, 9.17) is 5.73 Å². The maximum Gasteiger partial charge on any atom is 0.147 e. The first-order valence-electron chi connectivity index (χ1n) is 7.02. The molecule has 3 rings (SSSR count). The van der Waals surface area contributed by atoms with Crippen molar-refractivity contribution in [1.29, 1.82) is 5.26 Å². The molecule has 19 heavy (non-hydrogen) atoms. The van der Waals surface area contributed by atoms with Crippen molar-refractivity contribution in [2.45, 2.75) is 57.7 Å². The van der Waals surface area contributed by atoms with Crippen LogP contribution in [0.15, 0.2) is 6.07 Å². The highest BCUT2D eigenvalue weighted by Crippen LogP contribution is 2.39. The van der Waals surface area contributed by atoms with E-state index in [9.17, 15) is 5.26 Å². The Morgan fingerprint density at radius 2 is 1.95 bits per heavy atom. The number of piperidine rings is 1. The summed E-state index contributed by atoms with van der Waals surface area (Å²) in [4.78, 5) is 7.03. The normalized spacial score (nSPS) is 29.4. The smallest absolute Gasteiger partial charge is 0.147 e. The lowest BCUT2D eigenvalue weighted by Crippen LogP contribution is -2.48. The quantitative estimate of drug-likeness (QED) is 0.835. The lowest BCUT2D eigenvalue weighted by molar-refractivity contribution is 0.411. The monoisotopic (exact) mass is 256 g/mol. The molecule has 2 saturated heterocycles. The van der Waals surface area contributed by atoms with Crippen LogP contribution in [-0.2, 0) is 0 Å².